The number of nitrogens with one attached hydrogen (secondary N) is 1. The van der Waals surface area contributed by atoms with E-state index in [9.17, 15) is 9.59 Å². The quantitative estimate of drug-likeness (QED) is 0.529. The third kappa shape index (κ3) is 4.77. The van der Waals surface area contributed by atoms with Gasteiger partial charge in [0.25, 0.3) is 0 Å². The summed E-state index contributed by atoms with van der Waals surface area (Å²) in [5, 5.41) is 3.45. The maximum absolute atomic E-state index is 13.7. The molecule has 0 bridgehead atoms. The van der Waals surface area contributed by atoms with Crippen LogP contribution in [0.25, 0.3) is 0 Å². The Balaban J connectivity index is 1.53. The fourth-order valence-corrected chi connectivity index (χ4v) is 5.75. The molecule has 0 aromatic heterocycles. The molecular weight excluding hydrogens is 438 g/mol. The smallest absolute Gasteiger partial charge is 0.337 e. The summed E-state index contributed by atoms with van der Waals surface area (Å²) >= 11 is 0. The Morgan fingerprint density at radius 3 is 2.37 bits per heavy atom. The second kappa shape index (κ2) is 10.1. The number of ether oxygens (including phenoxy) is 2. The molecule has 5 rings (SSSR count). The number of ketones is 1. The maximum Gasteiger partial charge on any atom is 0.337 e. The Morgan fingerprint density at radius 1 is 0.971 bits per heavy atom. The Kier molecular flexibility index (Phi) is 6.76. The monoisotopic (exact) mass is 471 g/mol. The number of allylic oxidation sites excluding steroid dienone is 3. The minimum Gasteiger partial charge on any atom is -0.494 e. The van der Waals surface area contributed by atoms with Crippen molar-refractivity contribution in [3.8, 4) is 5.75 Å². The van der Waals surface area contributed by atoms with E-state index in [0.717, 1.165) is 54.8 Å². The van der Waals surface area contributed by atoms with E-state index in [1.165, 1.54) is 5.56 Å². The molecule has 2 aromatic rings. The van der Waals surface area contributed by atoms with Crippen LogP contribution in [0.3, 0.4) is 0 Å². The molecule has 2 aliphatic carbocycles. The van der Waals surface area contributed by atoms with Gasteiger partial charge < -0.3 is 14.8 Å². The van der Waals surface area contributed by atoms with Crippen LogP contribution in [0.15, 0.2) is 77.1 Å². The van der Waals surface area contributed by atoms with E-state index in [4.69, 9.17) is 9.47 Å². The molecule has 2 atom stereocenters. The van der Waals surface area contributed by atoms with Crippen LogP contribution in [0, 0.1) is 0 Å². The van der Waals surface area contributed by atoms with Gasteiger partial charge in [0.1, 0.15) is 11.9 Å². The molecule has 3 aliphatic rings. The molecule has 5 nitrogen and oxygen atoms in total. The third-order valence-electron chi connectivity index (χ3n) is 7.42. The molecule has 182 valence electrons. The number of carbonyl (C=O) groups is 2. The molecule has 0 spiro atoms. The first kappa shape index (κ1) is 23.4. The highest BCUT2D eigenvalue weighted by molar-refractivity contribution is 6.04. The first-order valence-electron chi connectivity index (χ1n) is 12.8. The van der Waals surface area contributed by atoms with Crippen molar-refractivity contribution < 1.29 is 19.1 Å². The average Bonchev–Trinajstić information content (AvgIpc) is 3.37. The zero-order valence-electron chi connectivity index (χ0n) is 20.5. The number of hydrogen-bond donors (Lipinski definition) is 1. The number of carbonyl (C=O) groups excluding carboxylic acids is 2. The first-order chi connectivity index (χ1) is 17.0. The Hall–Kier alpha value is -3.34. The molecule has 1 N–H and O–H groups in total. The van der Waals surface area contributed by atoms with E-state index in [0.29, 0.717) is 24.2 Å². The molecule has 35 heavy (non-hydrogen) atoms. The van der Waals surface area contributed by atoms with Crippen LogP contribution in [0.5, 0.6) is 5.75 Å². The predicted octanol–water partition coefficient (Wildman–Crippen LogP) is 5.93. The normalized spacial score (nSPS) is 22.6. The molecule has 0 unspecified atom stereocenters. The van der Waals surface area contributed by atoms with Crippen molar-refractivity contribution in [1.82, 2.24) is 5.32 Å². The van der Waals surface area contributed by atoms with Gasteiger partial charge in [-0.2, -0.15) is 0 Å². The molecule has 5 heteroatoms. The summed E-state index contributed by atoms with van der Waals surface area (Å²) in [7, 11) is 0. The van der Waals surface area contributed by atoms with Crippen LogP contribution < -0.4 is 10.1 Å². The van der Waals surface area contributed by atoms with Gasteiger partial charge in [0, 0.05) is 29.3 Å². The van der Waals surface area contributed by atoms with E-state index in [-0.39, 0.29) is 23.8 Å². The standard InChI is InChI=1S/C30H33NO4/c1-3-34-23-15-13-21(14-16-23)28-27(30(33)35-24-11-7-8-12-24)19(2)31-25-17-22(18-26(32)29(25)28)20-9-5-4-6-10-20/h4-6,9-10,13-16,22,24,28,31H,3,7-8,11-12,17-18H2,1-2H3/t22-,28+/m0/s1. The summed E-state index contributed by atoms with van der Waals surface area (Å²) in [6, 6.07) is 18.0. The van der Waals surface area contributed by atoms with Crippen molar-refractivity contribution in [2.75, 3.05) is 6.61 Å². The predicted molar refractivity (Wildman–Crippen MR) is 135 cm³/mol. The maximum atomic E-state index is 13.7. The van der Waals surface area contributed by atoms with Gasteiger partial charge in [-0.05, 0) is 75.1 Å². The van der Waals surface area contributed by atoms with E-state index in [1.807, 2.05) is 56.3 Å². The number of benzene rings is 2. The van der Waals surface area contributed by atoms with Gasteiger partial charge in [-0.25, -0.2) is 4.79 Å². The van der Waals surface area contributed by atoms with Gasteiger partial charge in [0.05, 0.1) is 12.2 Å². The van der Waals surface area contributed by atoms with Crippen molar-refractivity contribution >= 4 is 11.8 Å². The number of Topliss-reactive ketones (excluding diaryl/α,β-unsaturated/α-hetero) is 1. The zero-order valence-corrected chi connectivity index (χ0v) is 20.5. The largest absolute Gasteiger partial charge is 0.494 e. The van der Waals surface area contributed by atoms with E-state index in [2.05, 4.69) is 17.4 Å². The number of rotatable bonds is 6. The van der Waals surface area contributed by atoms with Crippen LogP contribution >= 0.6 is 0 Å². The molecule has 1 saturated carbocycles. The van der Waals surface area contributed by atoms with Gasteiger partial charge >= 0.3 is 5.97 Å². The Morgan fingerprint density at radius 2 is 1.69 bits per heavy atom. The summed E-state index contributed by atoms with van der Waals surface area (Å²) in [6.07, 6.45) is 5.12. The molecular formula is C30H33NO4. The van der Waals surface area contributed by atoms with E-state index in [1.54, 1.807) is 0 Å². The molecule has 0 amide bonds. The SMILES string of the molecule is CCOc1ccc([C@@H]2C(C(=O)OC3CCCC3)=C(C)NC3=C2C(=O)C[C@@H](c2ccccc2)C3)cc1. The van der Waals surface area contributed by atoms with Gasteiger partial charge in [0.2, 0.25) is 0 Å². The lowest BCUT2D eigenvalue weighted by molar-refractivity contribution is -0.144. The minimum atomic E-state index is -0.444. The van der Waals surface area contributed by atoms with Gasteiger partial charge in [-0.15, -0.1) is 0 Å². The average molecular weight is 472 g/mol. The second-order valence-electron chi connectivity index (χ2n) is 9.74. The number of dihydropyridines is 1. The van der Waals surface area contributed by atoms with Gasteiger partial charge in [-0.1, -0.05) is 42.5 Å². The van der Waals surface area contributed by atoms with E-state index < -0.39 is 5.92 Å². The lowest BCUT2D eigenvalue weighted by Crippen LogP contribution is -2.36. The van der Waals surface area contributed by atoms with Crippen molar-refractivity contribution in [1.29, 1.82) is 0 Å². The van der Waals surface area contributed by atoms with Crippen molar-refractivity contribution in [2.24, 2.45) is 0 Å². The van der Waals surface area contributed by atoms with Crippen molar-refractivity contribution in [2.45, 2.75) is 70.3 Å². The third-order valence-corrected chi connectivity index (χ3v) is 7.42. The highest BCUT2D eigenvalue weighted by atomic mass is 16.5. The van der Waals surface area contributed by atoms with Crippen LogP contribution in [0.2, 0.25) is 0 Å². The highest BCUT2D eigenvalue weighted by Gasteiger charge is 2.42. The first-order valence-corrected chi connectivity index (χ1v) is 12.8. The topological polar surface area (TPSA) is 64.6 Å². The van der Waals surface area contributed by atoms with Gasteiger partial charge in [0.15, 0.2) is 5.78 Å². The van der Waals surface area contributed by atoms with Crippen LogP contribution in [0.4, 0.5) is 0 Å². The Labute approximate surface area is 207 Å². The summed E-state index contributed by atoms with van der Waals surface area (Å²) in [5.41, 5.74) is 5.01. The molecule has 0 radical (unpaired) electrons. The molecule has 1 heterocycles. The molecule has 1 fully saturated rings. The molecule has 0 saturated heterocycles. The summed E-state index contributed by atoms with van der Waals surface area (Å²) in [4.78, 5) is 27.2. The lowest BCUT2D eigenvalue weighted by atomic mass is 9.71. The summed E-state index contributed by atoms with van der Waals surface area (Å²) in [6.45, 7) is 4.46. The highest BCUT2D eigenvalue weighted by Crippen LogP contribution is 2.46. The fourth-order valence-electron chi connectivity index (χ4n) is 5.75. The van der Waals surface area contributed by atoms with Crippen molar-refractivity contribution in [3.63, 3.8) is 0 Å². The molecule has 1 aliphatic heterocycles. The minimum absolute atomic E-state index is 0.0383. The summed E-state index contributed by atoms with van der Waals surface area (Å²) < 4.78 is 11.6. The van der Waals surface area contributed by atoms with Gasteiger partial charge in [-0.3, -0.25) is 4.79 Å². The van der Waals surface area contributed by atoms with E-state index >= 15 is 0 Å². The second-order valence-corrected chi connectivity index (χ2v) is 9.74. The van der Waals surface area contributed by atoms with Crippen LogP contribution in [-0.4, -0.2) is 24.5 Å². The number of esters is 1. The zero-order chi connectivity index (χ0) is 24.4. The number of hydrogen-bond acceptors (Lipinski definition) is 5. The lowest BCUT2D eigenvalue weighted by Gasteiger charge is -2.37. The molecule has 2 aromatic carbocycles. The fraction of sp³-hybridized carbons (Fsp3) is 0.400. The summed E-state index contributed by atoms with van der Waals surface area (Å²) in [5.74, 6) is 0.223. The van der Waals surface area contributed by atoms with Crippen LogP contribution in [0.1, 0.15) is 75.3 Å². The van der Waals surface area contributed by atoms with Crippen molar-refractivity contribution in [3.05, 3.63) is 88.3 Å². The Bertz CT molecular complexity index is 1160. The van der Waals surface area contributed by atoms with Crippen LogP contribution in [-0.2, 0) is 14.3 Å².